The summed E-state index contributed by atoms with van der Waals surface area (Å²) in [5.41, 5.74) is 6.09. The van der Waals surface area contributed by atoms with Crippen LogP contribution in [0.4, 0.5) is 4.79 Å². The number of nitrogens with one attached hydrogen (secondary N) is 2. The molecular formula is C15H21N3O3. The van der Waals surface area contributed by atoms with Crippen LogP contribution in [0.25, 0.3) is 0 Å². The second kappa shape index (κ2) is 6.47. The molecule has 1 aliphatic rings. The lowest BCUT2D eigenvalue weighted by atomic mass is 9.98. The average molecular weight is 291 g/mol. The topological polar surface area (TPSA) is 93.5 Å². The van der Waals surface area contributed by atoms with Gasteiger partial charge < -0.3 is 21.1 Å². The van der Waals surface area contributed by atoms with E-state index < -0.39 is 12.1 Å². The molecule has 114 valence electrons. The van der Waals surface area contributed by atoms with E-state index in [4.69, 9.17) is 10.5 Å². The summed E-state index contributed by atoms with van der Waals surface area (Å²) in [5.74, 6) is 0.510. The van der Waals surface area contributed by atoms with Gasteiger partial charge in [-0.25, -0.2) is 4.79 Å². The fourth-order valence-electron chi connectivity index (χ4n) is 2.44. The van der Waals surface area contributed by atoms with Crippen molar-refractivity contribution >= 4 is 11.9 Å². The highest BCUT2D eigenvalue weighted by molar-refractivity contribution is 5.87. The van der Waals surface area contributed by atoms with Crippen LogP contribution in [-0.2, 0) is 4.79 Å². The third-order valence-corrected chi connectivity index (χ3v) is 3.52. The van der Waals surface area contributed by atoms with Gasteiger partial charge in [-0.1, -0.05) is 32.0 Å². The van der Waals surface area contributed by atoms with Crippen LogP contribution in [0.15, 0.2) is 24.3 Å². The molecule has 6 heteroatoms. The molecule has 0 fully saturated rings. The van der Waals surface area contributed by atoms with Crippen LogP contribution in [-0.4, -0.2) is 24.6 Å². The number of urea groups is 1. The number of hydrogen-bond donors (Lipinski definition) is 3. The minimum Gasteiger partial charge on any atom is -0.493 e. The maximum absolute atomic E-state index is 12.4. The number of carbonyl (C=O) groups is 2. The lowest BCUT2D eigenvalue weighted by Crippen LogP contribution is -2.52. The molecule has 3 amide bonds. The Labute approximate surface area is 124 Å². The minimum absolute atomic E-state index is 0.0485. The van der Waals surface area contributed by atoms with Crippen LogP contribution in [0.1, 0.15) is 31.9 Å². The van der Waals surface area contributed by atoms with E-state index in [1.54, 1.807) is 0 Å². The second-order valence-corrected chi connectivity index (χ2v) is 5.47. The summed E-state index contributed by atoms with van der Waals surface area (Å²) in [6, 6.07) is 6.18. The lowest BCUT2D eigenvalue weighted by molar-refractivity contribution is -0.124. The summed E-state index contributed by atoms with van der Waals surface area (Å²) in [7, 11) is 0. The largest absolute Gasteiger partial charge is 0.493 e. The Kier molecular flexibility index (Phi) is 4.67. The van der Waals surface area contributed by atoms with Gasteiger partial charge in [-0.15, -0.1) is 0 Å². The number of primary amides is 1. The number of hydrogen-bond acceptors (Lipinski definition) is 3. The molecule has 1 heterocycles. The van der Waals surface area contributed by atoms with Gasteiger partial charge in [-0.05, 0) is 12.0 Å². The molecule has 1 aliphatic heterocycles. The molecule has 4 N–H and O–H groups in total. The highest BCUT2D eigenvalue weighted by atomic mass is 16.5. The van der Waals surface area contributed by atoms with E-state index in [2.05, 4.69) is 10.6 Å². The molecule has 0 saturated heterocycles. The van der Waals surface area contributed by atoms with Crippen LogP contribution in [0.5, 0.6) is 5.75 Å². The van der Waals surface area contributed by atoms with Crippen molar-refractivity contribution in [3.63, 3.8) is 0 Å². The van der Waals surface area contributed by atoms with Crippen LogP contribution < -0.4 is 21.1 Å². The Morgan fingerprint density at radius 1 is 1.33 bits per heavy atom. The molecule has 0 aliphatic carbocycles. The van der Waals surface area contributed by atoms with Gasteiger partial charge in [0.05, 0.1) is 12.6 Å². The number of carbonyl (C=O) groups excluding carboxylic acids is 2. The first-order valence-corrected chi connectivity index (χ1v) is 7.07. The van der Waals surface area contributed by atoms with Gasteiger partial charge in [0.25, 0.3) is 0 Å². The third kappa shape index (κ3) is 3.65. The number of benzene rings is 1. The normalized spacial score (nSPS) is 18.3. The standard InChI is InChI=1S/C15H21N3O3/c1-9(2)13(18-15(16)20)14(19)17-11-7-8-21-12-6-4-3-5-10(11)12/h3-6,9,11,13H,7-8H2,1-2H3,(H,17,19)(H3,16,18,20)/t11-,13-/m0/s1. The summed E-state index contributed by atoms with van der Waals surface area (Å²) in [6.07, 6.45) is 0.699. The van der Waals surface area contributed by atoms with Crippen molar-refractivity contribution in [3.05, 3.63) is 29.8 Å². The van der Waals surface area contributed by atoms with Gasteiger partial charge in [-0.2, -0.15) is 0 Å². The first kappa shape index (κ1) is 15.2. The van der Waals surface area contributed by atoms with E-state index in [0.717, 1.165) is 11.3 Å². The molecule has 0 bridgehead atoms. The number of fused-ring (bicyclic) bond motifs is 1. The van der Waals surface area contributed by atoms with E-state index >= 15 is 0 Å². The number of nitrogens with two attached hydrogens (primary N) is 1. The molecule has 0 radical (unpaired) electrons. The molecule has 6 nitrogen and oxygen atoms in total. The van der Waals surface area contributed by atoms with Crippen LogP contribution in [0, 0.1) is 5.92 Å². The molecule has 0 spiro atoms. The quantitative estimate of drug-likeness (QED) is 0.781. The number of ether oxygens (including phenoxy) is 1. The highest BCUT2D eigenvalue weighted by Crippen LogP contribution is 2.31. The van der Waals surface area contributed by atoms with Gasteiger partial charge in [0.1, 0.15) is 11.8 Å². The Hall–Kier alpha value is -2.24. The van der Waals surface area contributed by atoms with Gasteiger partial charge in [0, 0.05) is 12.0 Å². The summed E-state index contributed by atoms with van der Waals surface area (Å²) in [6.45, 7) is 4.27. The molecule has 1 aromatic carbocycles. The van der Waals surface area contributed by atoms with E-state index in [1.807, 2.05) is 38.1 Å². The third-order valence-electron chi connectivity index (χ3n) is 3.52. The lowest BCUT2D eigenvalue weighted by Gasteiger charge is -2.29. The molecule has 0 unspecified atom stereocenters. The molecule has 2 rings (SSSR count). The summed E-state index contributed by atoms with van der Waals surface area (Å²) in [4.78, 5) is 23.4. The zero-order chi connectivity index (χ0) is 15.4. The average Bonchev–Trinajstić information content (AvgIpc) is 2.44. The van der Waals surface area contributed by atoms with Crippen LogP contribution in [0.2, 0.25) is 0 Å². The van der Waals surface area contributed by atoms with Crippen molar-refractivity contribution in [3.8, 4) is 5.75 Å². The second-order valence-electron chi connectivity index (χ2n) is 5.47. The SMILES string of the molecule is CC(C)[C@H](NC(N)=O)C(=O)N[C@H]1CCOc2ccccc21. The summed E-state index contributed by atoms with van der Waals surface area (Å²) >= 11 is 0. The van der Waals surface area contributed by atoms with E-state index in [1.165, 1.54) is 0 Å². The van der Waals surface area contributed by atoms with Crippen molar-refractivity contribution in [1.82, 2.24) is 10.6 Å². The number of amides is 3. The van der Waals surface area contributed by atoms with Gasteiger partial charge in [-0.3, -0.25) is 4.79 Å². The van der Waals surface area contributed by atoms with E-state index in [9.17, 15) is 9.59 Å². The summed E-state index contributed by atoms with van der Waals surface area (Å²) in [5, 5.41) is 5.46. The molecule has 0 saturated carbocycles. The predicted molar refractivity (Wildman–Crippen MR) is 78.8 cm³/mol. The Morgan fingerprint density at radius 3 is 2.71 bits per heavy atom. The molecule has 21 heavy (non-hydrogen) atoms. The van der Waals surface area contributed by atoms with Gasteiger partial charge in [0.2, 0.25) is 5.91 Å². The van der Waals surface area contributed by atoms with Crippen LogP contribution >= 0.6 is 0 Å². The number of rotatable bonds is 4. The zero-order valence-corrected chi connectivity index (χ0v) is 12.3. The summed E-state index contributed by atoms with van der Waals surface area (Å²) < 4.78 is 5.57. The first-order valence-electron chi connectivity index (χ1n) is 7.07. The maximum Gasteiger partial charge on any atom is 0.312 e. The first-order chi connectivity index (χ1) is 9.99. The predicted octanol–water partition coefficient (Wildman–Crippen LogP) is 1.32. The van der Waals surface area contributed by atoms with Gasteiger partial charge >= 0.3 is 6.03 Å². The van der Waals surface area contributed by atoms with Crippen LogP contribution in [0.3, 0.4) is 0 Å². The smallest absolute Gasteiger partial charge is 0.312 e. The van der Waals surface area contributed by atoms with E-state index in [-0.39, 0.29) is 17.9 Å². The molecular weight excluding hydrogens is 270 g/mol. The van der Waals surface area contributed by atoms with Gasteiger partial charge in [0.15, 0.2) is 0 Å². The molecule has 2 atom stereocenters. The fraction of sp³-hybridized carbons (Fsp3) is 0.467. The monoisotopic (exact) mass is 291 g/mol. The minimum atomic E-state index is -0.698. The van der Waals surface area contributed by atoms with Crippen molar-refractivity contribution in [2.24, 2.45) is 11.7 Å². The fourth-order valence-corrected chi connectivity index (χ4v) is 2.44. The number of para-hydroxylation sites is 1. The maximum atomic E-state index is 12.4. The van der Waals surface area contributed by atoms with Crippen molar-refractivity contribution < 1.29 is 14.3 Å². The Bertz CT molecular complexity index is 531. The van der Waals surface area contributed by atoms with Crippen molar-refractivity contribution in [1.29, 1.82) is 0 Å². The molecule has 1 aromatic rings. The zero-order valence-electron chi connectivity index (χ0n) is 12.3. The highest BCUT2D eigenvalue weighted by Gasteiger charge is 2.28. The Balaban J connectivity index is 2.10. The van der Waals surface area contributed by atoms with Crippen molar-refractivity contribution in [2.45, 2.75) is 32.4 Å². The Morgan fingerprint density at radius 2 is 2.05 bits per heavy atom. The van der Waals surface area contributed by atoms with Crippen molar-refractivity contribution in [2.75, 3.05) is 6.61 Å². The molecule has 0 aromatic heterocycles. The van der Waals surface area contributed by atoms with E-state index in [0.29, 0.717) is 13.0 Å².